The van der Waals surface area contributed by atoms with Crippen LogP contribution in [0, 0.1) is 11.3 Å². The van der Waals surface area contributed by atoms with Crippen LogP contribution in [0.1, 0.15) is 69.8 Å². The van der Waals surface area contributed by atoms with E-state index in [0.29, 0.717) is 29.1 Å². The summed E-state index contributed by atoms with van der Waals surface area (Å²) in [5.74, 6) is -7.95. The Morgan fingerprint density at radius 1 is 0.985 bits per heavy atom. The van der Waals surface area contributed by atoms with E-state index in [1.807, 2.05) is 55.7 Å². The molecule has 2 aliphatic rings. The van der Waals surface area contributed by atoms with Crippen LogP contribution in [0.3, 0.4) is 0 Å². The summed E-state index contributed by atoms with van der Waals surface area (Å²) in [6, 6.07) is 9.38. The number of allylic oxidation sites excluding steroid dienone is 4. The molecule has 1 aliphatic carbocycles. The fourth-order valence-electron chi connectivity index (χ4n) is 7.41. The second-order valence-electron chi connectivity index (χ2n) is 17.1. The van der Waals surface area contributed by atoms with Gasteiger partial charge in [0.05, 0.1) is 29.7 Å². The van der Waals surface area contributed by atoms with Crippen molar-refractivity contribution in [2.75, 3.05) is 55.7 Å². The summed E-state index contributed by atoms with van der Waals surface area (Å²) in [5, 5.41) is 16.4. The number of halogens is 2. The van der Waals surface area contributed by atoms with Gasteiger partial charge < -0.3 is 36.3 Å². The molecule has 0 bridgehead atoms. The van der Waals surface area contributed by atoms with Crippen LogP contribution in [-0.2, 0) is 49.9 Å². The highest BCUT2D eigenvalue weighted by atomic mass is 32.2. The fraction of sp³-hybridized carbons (Fsp3) is 0.489. The zero-order chi connectivity index (χ0) is 48.8. The number of hydrogen-bond acceptors (Lipinski definition) is 11. The second-order valence-corrected chi connectivity index (χ2v) is 20.4. The van der Waals surface area contributed by atoms with Gasteiger partial charge in [-0.3, -0.25) is 38.5 Å². The molecule has 0 fully saturated rings. The molecule has 0 saturated heterocycles. The minimum Gasteiger partial charge on any atom is -0.481 e. The van der Waals surface area contributed by atoms with Gasteiger partial charge in [0.1, 0.15) is 24.6 Å². The van der Waals surface area contributed by atoms with E-state index >= 15 is 4.39 Å². The number of imide groups is 1. The van der Waals surface area contributed by atoms with E-state index in [9.17, 15) is 46.4 Å². The molecule has 6 N–H and O–H groups in total. The number of nitrogens with two attached hydrogens (primary N) is 1. The van der Waals surface area contributed by atoms with Crippen LogP contribution < -0.4 is 21.7 Å². The molecule has 2 unspecified atom stereocenters. The number of carboxylic acids is 1. The molecule has 1 aliphatic heterocycles. The number of aliphatic carboxylic acids is 1. The molecule has 0 radical (unpaired) electrons. The van der Waals surface area contributed by atoms with Gasteiger partial charge in [-0.15, -0.1) is 11.8 Å². The Balaban J connectivity index is 1.50. The van der Waals surface area contributed by atoms with Crippen LogP contribution >= 0.6 is 11.8 Å². The van der Waals surface area contributed by atoms with Crippen molar-refractivity contribution in [1.82, 2.24) is 30.3 Å². The third-order valence-corrected chi connectivity index (χ3v) is 13.3. The number of carbonyl (C=O) groups excluding carboxylic acids is 6. The second kappa shape index (κ2) is 24.2. The van der Waals surface area contributed by atoms with Gasteiger partial charge in [-0.25, -0.2) is 17.2 Å². The van der Waals surface area contributed by atoms with E-state index in [-0.39, 0.29) is 42.6 Å². The Morgan fingerprint density at radius 2 is 1.64 bits per heavy atom. The molecule has 4 atom stereocenters. The first-order valence-electron chi connectivity index (χ1n) is 21.4. The highest BCUT2D eigenvalue weighted by Gasteiger charge is 2.38. The number of carboxylic acid groups (broad SMARTS) is 1. The number of nitrogens with zero attached hydrogens (tertiary/aromatic N) is 3. The first-order valence-corrected chi connectivity index (χ1v) is 24.4. The maximum atomic E-state index is 15.7. The molecular weight excluding hydrogens is 901 g/mol. The Hall–Kier alpha value is -5.67. The molecule has 6 amide bonds. The number of thioether (sulfide) groups is 1. The van der Waals surface area contributed by atoms with E-state index in [4.69, 9.17) is 10.8 Å². The number of rotatable bonds is 25. The lowest BCUT2D eigenvalue weighted by molar-refractivity contribution is -0.141. The number of hydrogen-bond donors (Lipinski definition) is 5. The molecule has 17 nitrogen and oxygen atoms in total. The summed E-state index contributed by atoms with van der Waals surface area (Å²) in [4.78, 5) is 89.7. The molecule has 4 rings (SSSR count). The van der Waals surface area contributed by atoms with E-state index in [0.717, 1.165) is 29.5 Å². The minimum absolute atomic E-state index is 0.171. The number of amides is 6. The van der Waals surface area contributed by atoms with E-state index < -0.39 is 118 Å². The van der Waals surface area contributed by atoms with Crippen molar-refractivity contribution in [3.8, 4) is 0 Å². The van der Waals surface area contributed by atoms with Crippen molar-refractivity contribution in [2.24, 2.45) is 17.1 Å². The number of alkyl halides is 1. The fourth-order valence-corrected chi connectivity index (χ4v) is 9.36. The molecular formula is C45H59F2N7O10S2. The van der Waals surface area contributed by atoms with E-state index in [1.165, 1.54) is 12.2 Å². The summed E-state index contributed by atoms with van der Waals surface area (Å²) in [6.45, 7) is 6.98. The van der Waals surface area contributed by atoms with Crippen molar-refractivity contribution in [3.05, 3.63) is 89.5 Å². The van der Waals surface area contributed by atoms with Gasteiger partial charge in [-0.2, -0.15) is 0 Å². The van der Waals surface area contributed by atoms with Crippen LogP contribution in [0.15, 0.2) is 72.7 Å². The maximum Gasteiger partial charge on any atom is 0.303 e. The monoisotopic (exact) mass is 959 g/mol. The van der Waals surface area contributed by atoms with Gasteiger partial charge in [0.2, 0.25) is 23.6 Å². The van der Waals surface area contributed by atoms with Crippen LogP contribution in [-0.4, -0.2) is 137 Å². The van der Waals surface area contributed by atoms with Crippen molar-refractivity contribution >= 4 is 68.6 Å². The van der Waals surface area contributed by atoms with Crippen molar-refractivity contribution < 1.29 is 55.9 Å². The molecule has 1 aromatic heterocycles. The quantitative estimate of drug-likeness (QED) is 0.0903. The largest absolute Gasteiger partial charge is 0.481 e. The normalized spacial score (nSPS) is 17.2. The van der Waals surface area contributed by atoms with Crippen LogP contribution in [0.4, 0.5) is 8.78 Å². The summed E-state index contributed by atoms with van der Waals surface area (Å²) < 4.78 is 57.9. The number of nitrogens with one attached hydrogen (secondary N) is 3. The third-order valence-electron chi connectivity index (χ3n) is 10.6. The predicted molar refractivity (Wildman–Crippen MR) is 245 cm³/mol. The van der Waals surface area contributed by atoms with Crippen molar-refractivity contribution in [1.29, 1.82) is 0 Å². The average Bonchev–Trinajstić information content (AvgIpc) is 3.79. The Kier molecular flexibility index (Phi) is 19.4. The zero-order valence-electron chi connectivity index (χ0n) is 37.5. The SMILES string of the molecule is CC1C=C(F)C=C(c2cc([C@H](N(CCCN)C(=O)CSC[C@H](NC(=O)CCC(=O)O)C(=O)NCCS(=O)(=O)CCNC(=O)CN3C(=O)C=CC3=O)C(C)(C)C)n(Cc3ccccc3)c2)C1F. The topological polar surface area (TPSA) is 247 Å². The summed E-state index contributed by atoms with van der Waals surface area (Å²) in [7, 11) is -3.86. The number of sulfone groups is 1. The van der Waals surface area contributed by atoms with Gasteiger partial charge in [0, 0.05) is 68.3 Å². The lowest BCUT2D eigenvalue weighted by atomic mass is 9.82. The Morgan fingerprint density at radius 3 is 2.26 bits per heavy atom. The highest BCUT2D eigenvalue weighted by Crippen LogP contribution is 2.42. The predicted octanol–water partition coefficient (Wildman–Crippen LogP) is 2.68. The molecule has 1 aromatic carbocycles. The standard InChI is InChI=1S/C45H59F2N7O10S2/c1-29-21-32(46)23-33(42(29)47)31-22-35(52(25-31)24-30-9-6-5-7-10-30)43(45(2,3)4)53(18-8-15-48)40(59)28-65-27-34(51-36(55)11-14-41(60)61)44(62)50-17-20-66(63,64)19-16-49-37(56)26-54-38(57)12-13-39(54)58/h5-7,9-10,12-13,21-23,25,29,34,42-43H,8,11,14-20,24,26-28,48H2,1-4H3,(H,49,56)(H,50,62)(H,51,55)(H,60,61)/t29?,34-,42?,43-/m0/s1. The van der Waals surface area contributed by atoms with Gasteiger partial charge >= 0.3 is 5.97 Å². The highest BCUT2D eigenvalue weighted by molar-refractivity contribution is 8.00. The smallest absolute Gasteiger partial charge is 0.303 e. The molecule has 0 spiro atoms. The maximum absolute atomic E-state index is 15.7. The van der Waals surface area contributed by atoms with Gasteiger partial charge in [-0.05, 0) is 53.3 Å². The van der Waals surface area contributed by atoms with Gasteiger partial charge in [-0.1, -0.05) is 58.0 Å². The molecule has 360 valence electrons. The lowest BCUT2D eigenvalue weighted by Gasteiger charge is -2.41. The minimum atomic E-state index is -3.86. The van der Waals surface area contributed by atoms with Gasteiger partial charge in [0.15, 0.2) is 9.84 Å². The number of carbonyl (C=O) groups is 7. The van der Waals surface area contributed by atoms with E-state index in [1.54, 1.807) is 24.1 Å². The molecule has 2 heterocycles. The lowest BCUT2D eigenvalue weighted by Crippen LogP contribution is -2.49. The zero-order valence-corrected chi connectivity index (χ0v) is 39.1. The molecule has 2 aromatic rings. The summed E-state index contributed by atoms with van der Waals surface area (Å²) in [5.41, 5.74) is 7.57. The Bertz CT molecular complexity index is 2290. The van der Waals surface area contributed by atoms with Crippen LogP contribution in [0.2, 0.25) is 0 Å². The molecule has 0 saturated carbocycles. The van der Waals surface area contributed by atoms with Crippen molar-refractivity contribution in [3.63, 3.8) is 0 Å². The third kappa shape index (κ3) is 15.7. The molecule has 21 heteroatoms. The summed E-state index contributed by atoms with van der Waals surface area (Å²) in [6.07, 6.45) is 4.18. The van der Waals surface area contributed by atoms with E-state index in [2.05, 4.69) is 16.0 Å². The Labute approximate surface area is 387 Å². The number of aromatic nitrogens is 1. The molecule has 66 heavy (non-hydrogen) atoms. The number of benzene rings is 1. The van der Waals surface area contributed by atoms with Crippen molar-refractivity contribution in [2.45, 2.75) is 71.8 Å². The van der Waals surface area contributed by atoms with Crippen LogP contribution in [0.25, 0.3) is 5.57 Å². The first kappa shape index (κ1) is 52.9. The summed E-state index contributed by atoms with van der Waals surface area (Å²) >= 11 is 1.01. The average molecular weight is 960 g/mol. The van der Waals surface area contributed by atoms with Gasteiger partial charge in [0.25, 0.3) is 11.8 Å². The first-order chi connectivity index (χ1) is 31.1. The van der Waals surface area contributed by atoms with Crippen LogP contribution in [0.5, 0.6) is 0 Å².